The number of nitrogens with one attached hydrogen (secondary N) is 1. The van der Waals surface area contributed by atoms with Crippen LogP contribution in [0.4, 0.5) is 5.82 Å². The van der Waals surface area contributed by atoms with Crippen molar-refractivity contribution >= 4 is 26.6 Å². The molecule has 0 spiro atoms. The van der Waals surface area contributed by atoms with E-state index in [2.05, 4.69) is 10.3 Å². The highest BCUT2D eigenvalue weighted by Gasteiger charge is 2.26. The maximum atomic E-state index is 11.7. The van der Waals surface area contributed by atoms with Crippen LogP contribution in [-0.4, -0.2) is 55.3 Å². The zero-order valence-electron chi connectivity index (χ0n) is 17.8. The quantitative estimate of drug-likeness (QED) is 0.602. The van der Waals surface area contributed by atoms with E-state index in [1.807, 2.05) is 25.1 Å². The van der Waals surface area contributed by atoms with Crippen LogP contribution in [-0.2, 0) is 14.6 Å². The summed E-state index contributed by atoms with van der Waals surface area (Å²) in [5.41, 5.74) is 4.70. The molecule has 2 aromatic heterocycles. The van der Waals surface area contributed by atoms with Crippen molar-refractivity contribution in [2.75, 3.05) is 37.1 Å². The smallest absolute Gasteiger partial charge is 0.149 e. The van der Waals surface area contributed by atoms with Gasteiger partial charge in [0, 0.05) is 54.9 Å². The first-order chi connectivity index (χ1) is 14.8. The van der Waals surface area contributed by atoms with Gasteiger partial charge in [-0.05, 0) is 61.1 Å². The predicted octanol–water partition coefficient (Wildman–Crippen LogP) is 3.66. The van der Waals surface area contributed by atoms with Crippen LogP contribution in [0.5, 0.6) is 5.75 Å². The van der Waals surface area contributed by atoms with Gasteiger partial charge in [-0.3, -0.25) is 4.98 Å². The van der Waals surface area contributed by atoms with Crippen molar-refractivity contribution in [3.8, 4) is 16.9 Å². The second-order valence-electron chi connectivity index (χ2n) is 8.08. The van der Waals surface area contributed by atoms with E-state index < -0.39 is 9.84 Å². The van der Waals surface area contributed by atoms with Gasteiger partial charge in [0.15, 0.2) is 0 Å². The largest absolute Gasteiger partial charge is 0.508 e. The van der Waals surface area contributed by atoms with Crippen molar-refractivity contribution in [3.05, 3.63) is 47.8 Å². The van der Waals surface area contributed by atoms with Gasteiger partial charge in [-0.2, -0.15) is 0 Å². The summed E-state index contributed by atoms with van der Waals surface area (Å²) in [5.74, 6) is 1.04. The number of ether oxygens (including phenoxy) is 1. The zero-order chi connectivity index (χ0) is 22.0. The van der Waals surface area contributed by atoms with E-state index in [-0.39, 0.29) is 24.0 Å². The van der Waals surface area contributed by atoms with E-state index in [4.69, 9.17) is 9.72 Å². The fourth-order valence-electron chi connectivity index (χ4n) is 4.15. The SMILES string of the molecule is Cc1cc(-c2c(C3CCOCC3)c(NCCS(C)(=O)=O)nc3cc(O)ccc23)ccn1. The molecule has 0 radical (unpaired) electrons. The summed E-state index contributed by atoms with van der Waals surface area (Å²) in [4.78, 5) is 9.16. The lowest BCUT2D eigenvalue weighted by atomic mass is 9.84. The molecule has 3 aromatic rings. The average Bonchev–Trinajstić information content (AvgIpc) is 2.72. The Morgan fingerprint density at radius 3 is 2.68 bits per heavy atom. The minimum Gasteiger partial charge on any atom is -0.508 e. The van der Waals surface area contributed by atoms with Crippen molar-refractivity contribution in [1.82, 2.24) is 9.97 Å². The number of phenols is 1. The molecule has 1 aliphatic heterocycles. The maximum Gasteiger partial charge on any atom is 0.149 e. The fourth-order valence-corrected chi connectivity index (χ4v) is 4.63. The molecule has 8 heteroatoms. The summed E-state index contributed by atoms with van der Waals surface area (Å²) in [5, 5.41) is 14.3. The van der Waals surface area contributed by atoms with E-state index in [1.165, 1.54) is 6.26 Å². The van der Waals surface area contributed by atoms with Gasteiger partial charge in [0.1, 0.15) is 21.4 Å². The normalized spacial score (nSPS) is 15.3. The summed E-state index contributed by atoms with van der Waals surface area (Å²) in [6.45, 7) is 3.57. The molecule has 0 aliphatic carbocycles. The third-order valence-corrected chi connectivity index (χ3v) is 6.53. The number of aromatic nitrogens is 2. The number of aromatic hydroxyl groups is 1. The minimum absolute atomic E-state index is 0.0175. The first-order valence-corrected chi connectivity index (χ1v) is 12.5. The van der Waals surface area contributed by atoms with Gasteiger partial charge in [-0.1, -0.05) is 0 Å². The summed E-state index contributed by atoms with van der Waals surface area (Å²) < 4.78 is 28.9. The number of benzene rings is 1. The number of sulfone groups is 1. The summed E-state index contributed by atoms with van der Waals surface area (Å²) in [6.07, 6.45) is 4.75. The summed E-state index contributed by atoms with van der Waals surface area (Å²) in [7, 11) is -3.11. The number of hydrogen-bond donors (Lipinski definition) is 2. The van der Waals surface area contributed by atoms with Crippen LogP contribution in [0.3, 0.4) is 0 Å². The van der Waals surface area contributed by atoms with Gasteiger partial charge >= 0.3 is 0 Å². The van der Waals surface area contributed by atoms with Crippen LogP contribution in [0.15, 0.2) is 36.5 Å². The number of fused-ring (bicyclic) bond motifs is 1. The van der Waals surface area contributed by atoms with Crippen LogP contribution in [0.25, 0.3) is 22.0 Å². The predicted molar refractivity (Wildman–Crippen MR) is 122 cm³/mol. The number of hydrogen-bond acceptors (Lipinski definition) is 7. The zero-order valence-corrected chi connectivity index (χ0v) is 18.6. The standard InChI is InChI=1S/C23H27N3O4S/c1-15-13-17(5-8-24-15)21-19-4-3-18(27)14-20(19)26-23(25-9-12-31(2,28)29)22(21)16-6-10-30-11-7-16/h3-5,8,13-14,16,27H,6-7,9-12H2,1-2H3,(H,25,26). The van der Waals surface area contributed by atoms with Gasteiger partial charge in [-0.25, -0.2) is 13.4 Å². The number of phenolic OH excluding ortho intramolecular Hbond substituents is 1. The molecule has 0 unspecified atom stereocenters. The van der Waals surface area contributed by atoms with Crippen molar-refractivity contribution < 1.29 is 18.3 Å². The molecule has 7 nitrogen and oxygen atoms in total. The molecule has 0 saturated carbocycles. The van der Waals surface area contributed by atoms with Crippen molar-refractivity contribution in [1.29, 1.82) is 0 Å². The molecule has 1 aliphatic rings. The second-order valence-corrected chi connectivity index (χ2v) is 10.3. The highest BCUT2D eigenvalue weighted by molar-refractivity contribution is 7.90. The maximum absolute atomic E-state index is 11.7. The molecule has 1 aromatic carbocycles. The van der Waals surface area contributed by atoms with E-state index in [1.54, 1.807) is 18.3 Å². The highest BCUT2D eigenvalue weighted by atomic mass is 32.2. The Hall–Kier alpha value is -2.71. The Morgan fingerprint density at radius 1 is 1.19 bits per heavy atom. The second kappa shape index (κ2) is 8.80. The Labute approximate surface area is 182 Å². The Kier molecular flexibility index (Phi) is 6.11. The molecule has 31 heavy (non-hydrogen) atoms. The number of pyridine rings is 2. The lowest BCUT2D eigenvalue weighted by Crippen LogP contribution is -2.20. The third kappa shape index (κ3) is 4.97. The monoisotopic (exact) mass is 441 g/mol. The number of anilines is 1. The molecular formula is C23H27N3O4S. The van der Waals surface area contributed by atoms with Gasteiger partial charge in [0.05, 0.1) is 11.3 Å². The van der Waals surface area contributed by atoms with Crippen LogP contribution in [0.1, 0.15) is 30.0 Å². The van der Waals surface area contributed by atoms with E-state index in [9.17, 15) is 13.5 Å². The average molecular weight is 442 g/mol. The Morgan fingerprint density at radius 2 is 1.97 bits per heavy atom. The van der Waals surface area contributed by atoms with Crippen LogP contribution < -0.4 is 5.32 Å². The van der Waals surface area contributed by atoms with Crippen LogP contribution in [0, 0.1) is 6.92 Å². The molecule has 0 amide bonds. The number of rotatable bonds is 6. The van der Waals surface area contributed by atoms with E-state index in [0.717, 1.165) is 40.6 Å². The molecule has 4 rings (SSSR count). The van der Waals surface area contributed by atoms with E-state index in [0.29, 0.717) is 24.5 Å². The van der Waals surface area contributed by atoms with Gasteiger partial charge < -0.3 is 15.2 Å². The number of nitrogens with zero attached hydrogens (tertiary/aromatic N) is 2. The lowest BCUT2D eigenvalue weighted by Gasteiger charge is -2.28. The molecule has 2 N–H and O–H groups in total. The highest BCUT2D eigenvalue weighted by Crippen LogP contribution is 2.43. The lowest BCUT2D eigenvalue weighted by molar-refractivity contribution is 0.0855. The van der Waals surface area contributed by atoms with Crippen molar-refractivity contribution in [3.63, 3.8) is 0 Å². The third-order valence-electron chi connectivity index (χ3n) is 5.59. The number of aryl methyl sites for hydroxylation is 1. The fraction of sp³-hybridized carbons (Fsp3) is 0.391. The van der Waals surface area contributed by atoms with Crippen LogP contribution in [0.2, 0.25) is 0 Å². The molecule has 1 saturated heterocycles. The van der Waals surface area contributed by atoms with Gasteiger partial charge in [0.2, 0.25) is 0 Å². The molecule has 0 bridgehead atoms. The topological polar surface area (TPSA) is 101 Å². The van der Waals surface area contributed by atoms with Gasteiger partial charge in [-0.15, -0.1) is 0 Å². The van der Waals surface area contributed by atoms with Crippen LogP contribution >= 0.6 is 0 Å². The Balaban J connectivity index is 1.95. The van der Waals surface area contributed by atoms with Gasteiger partial charge in [0.25, 0.3) is 0 Å². The molecule has 0 atom stereocenters. The Bertz CT molecular complexity index is 1200. The van der Waals surface area contributed by atoms with Crippen molar-refractivity contribution in [2.24, 2.45) is 0 Å². The molecule has 1 fully saturated rings. The molecule has 164 valence electrons. The summed E-state index contributed by atoms with van der Waals surface area (Å²) >= 11 is 0. The summed E-state index contributed by atoms with van der Waals surface area (Å²) in [6, 6.07) is 9.24. The minimum atomic E-state index is -3.11. The first-order valence-electron chi connectivity index (χ1n) is 10.4. The first kappa shape index (κ1) is 21.5. The molecule has 3 heterocycles. The van der Waals surface area contributed by atoms with Crippen molar-refractivity contribution in [2.45, 2.75) is 25.7 Å². The van der Waals surface area contributed by atoms with E-state index >= 15 is 0 Å². The molecular weight excluding hydrogens is 414 g/mol.